The highest BCUT2D eigenvalue weighted by atomic mass is 32.2. The molecule has 0 unspecified atom stereocenters. The van der Waals surface area contributed by atoms with Crippen molar-refractivity contribution >= 4 is 40.3 Å². The van der Waals surface area contributed by atoms with E-state index in [1.807, 2.05) is 35.0 Å². The molecule has 0 atom stereocenters. The molecule has 164 valence electrons. The molecule has 0 aliphatic carbocycles. The number of hydrogen-bond donors (Lipinski definition) is 2. The van der Waals surface area contributed by atoms with E-state index in [-0.39, 0.29) is 17.2 Å². The van der Waals surface area contributed by atoms with E-state index in [2.05, 4.69) is 15.8 Å². The fraction of sp³-hybridized carbons (Fsp3) is 0.174. The first-order valence-electron chi connectivity index (χ1n) is 9.98. The van der Waals surface area contributed by atoms with Crippen LogP contribution in [0.2, 0.25) is 0 Å². The maximum Gasteiger partial charge on any atom is 0.254 e. The Morgan fingerprint density at radius 2 is 1.94 bits per heavy atom. The summed E-state index contributed by atoms with van der Waals surface area (Å²) in [6, 6.07) is 15.4. The minimum Gasteiger partial charge on any atom is -0.360 e. The van der Waals surface area contributed by atoms with E-state index in [1.165, 1.54) is 23.9 Å². The largest absolute Gasteiger partial charge is 0.360 e. The van der Waals surface area contributed by atoms with Crippen molar-refractivity contribution in [2.24, 2.45) is 0 Å². The van der Waals surface area contributed by atoms with E-state index in [0.29, 0.717) is 24.7 Å². The number of thioether (sulfide) groups is 1. The normalized spacial score (nSPS) is 10.9. The molecule has 0 fully saturated rings. The Kier molecular flexibility index (Phi) is 6.55. The summed E-state index contributed by atoms with van der Waals surface area (Å²) < 4.78 is 20.7. The van der Waals surface area contributed by atoms with Gasteiger partial charge < -0.3 is 19.7 Å². The van der Waals surface area contributed by atoms with Crippen LogP contribution in [-0.4, -0.2) is 33.8 Å². The zero-order valence-corrected chi connectivity index (χ0v) is 18.1. The topological polar surface area (TPSA) is 89.2 Å². The molecule has 0 aliphatic rings. The van der Waals surface area contributed by atoms with Gasteiger partial charge in [0.2, 0.25) is 5.91 Å². The smallest absolute Gasteiger partial charge is 0.254 e. The van der Waals surface area contributed by atoms with E-state index in [9.17, 15) is 14.0 Å². The third-order valence-corrected chi connectivity index (χ3v) is 5.81. The molecule has 2 aromatic heterocycles. The summed E-state index contributed by atoms with van der Waals surface area (Å²) in [4.78, 5) is 25.4. The van der Waals surface area contributed by atoms with Gasteiger partial charge in [0.25, 0.3) is 5.91 Å². The molecule has 0 saturated heterocycles. The summed E-state index contributed by atoms with van der Waals surface area (Å²) in [5, 5.41) is 10.2. The fourth-order valence-electron chi connectivity index (χ4n) is 3.29. The van der Waals surface area contributed by atoms with E-state index in [4.69, 9.17) is 4.52 Å². The number of para-hydroxylation sites is 1. The number of aryl methyl sites for hydroxylation is 1. The first-order chi connectivity index (χ1) is 15.5. The van der Waals surface area contributed by atoms with Crippen LogP contribution in [0.15, 0.2) is 70.2 Å². The van der Waals surface area contributed by atoms with E-state index in [1.54, 1.807) is 25.1 Å². The lowest BCUT2D eigenvalue weighted by Gasteiger charge is -2.08. The Labute approximate surface area is 188 Å². The Morgan fingerprint density at radius 3 is 2.72 bits per heavy atom. The summed E-state index contributed by atoms with van der Waals surface area (Å²) in [5.41, 5.74) is 1.01. The lowest BCUT2D eigenvalue weighted by Crippen LogP contribution is -2.27. The molecule has 2 amide bonds. The highest BCUT2D eigenvalue weighted by Gasteiger charge is 2.13. The van der Waals surface area contributed by atoms with Crippen LogP contribution < -0.4 is 10.6 Å². The zero-order chi connectivity index (χ0) is 22.5. The van der Waals surface area contributed by atoms with E-state index >= 15 is 0 Å². The number of nitrogens with zero attached hydrogens (tertiary/aromatic N) is 2. The molecule has 4 aromatic rings. The van der Waals surface area contributed by atoms with Gasteiger partial charge in [0.05, 0.1) is 11.3 Å². The first-order valence-corrected chi connectivity index (χ1v) is 11.0. The van der Waals surface area contributed by atoms with Crippen LogP contribution in [0, 0.1) is 12.7 Å². The predicted molar refractivity (Wildman–Crippen MR) is 121 cm³/mol. The van der Waals surface area contributed by atoms with Crippen LogP contribution in [0.1, 0.15) is 16.1 Å². The molecule has 0 saturated carbocycles. The standard InChI is InChI=1S/C23H21FN4O3S/c1-15-12-21(27-31-15)26-22(29)14-32-20-13-28(19-9-5-3-7-17(19)20)11-10-25-23(30)16-6-2-4-8-18(16)24/h2-9,12-13H,10-11,14H2,1H3,(H,25,30)(H,26,27,29). The number of carbonyl (C=O) groups excluding carboxylic acids is 2. The molecule has 0 radical (unpaired) electrons. The van der Waals surface area contributed by atoms with E-state index in [0.717, 1.165) is 15.8 Å². The third-order valence-electron chi connectivity index (χ3n) is 4.76. The van der Waals surface area contributed by atoms with Crippen molar-refractivity contribution < 1.29 is 18.5 Å². The number of fused-ring (bicyclic) bond motifs is 1. The van der Waals surface area contributed by atoms with Crippen molar-refractivity contribution in [3.05, 3.63) is 77.9 Å². The molecule has 0 spiro atoms. The van der Waals surface area contributed by atoms with Gasteiger partial charge in [-0.15, -0.1) is 11.8 Å². The van der Waals surface area contributed by atoms with Crippen molar-refractivity contribution in [2.45, 2.75) is 18.4 Å². The molecule has 32 heavy (non-hydrogen) atoms. The van der Waals surface area contributed by atoms with Crippen LogP contribution in [0.4, 0.5) is 10.2 Å². The van der Waals surface area contributed by atoms with Crippen LogP contribution in [0.5, 0.6) is 0 Å². The second-order valence-corrected chi connectivity index (χ2v) is 8.12. The highest BCUT2D eigenvalue weighted by molar-refractivity contribution is 8.00. The van der Waals surface area contributed by atoms with Crippen molar-refractivity contribution in [1.82, 2.24) is 15.0 Å². The average molecular weight is 453 g/mol. The number of amides is 2. The Bertz CT molecular complexity index is 1270. The summed E-state index contributed by atoms with van der Waals surface area (Å²) in [6.45, 7) is 2.60. The molecule has 9 heteroatoms. The van der Waals surface area contributed by atoms with E-state index < -0.39 is 11.7 Å². The van der Waals surface area contributed by atoms with Crippen LogP contribution in [0.3, 0.4) is 0 Å². The highest BCUT2D eigenvalue weighted by Crippen LogP contribution is 2.30. The van der Waals surface area contributed by atoms with Gasteiger partial charge in [-0.1, -0.05) is 35.5 Å². The van der Waals surface area contributed by atoms with Crippen LogP contribution >= 0.6 is 11.8 Å². The molecule has 4 rings (SSSR count). The van der Waals surface area contributed by atoms with Crippen molar-refractivity contribution in [1.29, 1.82) is 0 Å². The van der Waals surface area contributed by atoms with Gasteiger partial charge >= 0.3 is 0 Å². The number of anilines is 1. The van der Waals surface area contributed by atoms with Gasteiger partial charge in [-0.3, -0.25) is 9.59 Å². The lowest BCUT2D eigenvalue weighted by molar-refractivity contribution is -0.113. The Hall–Kier alpha value is -3.59. The number of rotatable bonds is 8. The number of halogens is 1. The summed E-state index contributed by atoms with van der Waals surface area (Å²) in [6.07, 6.45) is 1.96. The molecular weight excluding hydrogens is 431 g/mol. The molecule has 7 nitrogen and oxygen atoms in total. The molecule has 0 bridgehead atoms. The van der Waals surface area contributed by atoms with Gasteiger partial charge in [0.1, 0.15) is 11.6 Å². The van der Waals surface area contributed by atoms with Crippen molar-refractivity contribution in [2.75, 3.05) is 17.6 Å². The molecule has 2 aromatic carbocycles. The minimum absolute atomic E-state index is 0.0226. The summed E-state index contributed by atoms with van der Waals surface area (Å²) in [5.74, 6) is 0.0452. The maximum atomic E-state index is 13.8. The number of aromatic nitrogens is 2. The zero-order valence-electron chi connectivity index (χ0n) is 17.3. The molecule has 0 aliphatic heterocycles. The van der Waals surface area contributed by atoms with Crippen molar-refractivity contribution in [3.8, 4) is 0 Å². The summed E-state index contributed by atoms with van der Waals surface area (Å²) >= 11 is 1.42. The predicted octanol–water partition coefficient (Wildman–Crippen LogP) is 4.24. The van der Waals surface area contributed by atoms with Gasteiger partial charge in [-0.2, -0.15) is 0 Å². The number of nitrogens with one attached hydrogen (secondary N) is 2. The second kappa shape index (κ2) is 9.69. The average Bonchev–Trinajstić information content (AvgIpc) is 3.35. The second-order valence-electron chi connectivity index (χ2n) is 7.10. The van der Waals surface area contributed by atoms with Gasteiger partial charge in [0, 0.05) is 41.2 Å². The fourth-order valence-corrected chi connectivity index (χ4v) is 4.18. The first kappa shape index (κ1) is 21.6. The monoisotopic (exact) mass is 452 g/mol. The van der Waals surface area contributed by atoms with Crippen molar-refractivity contribution in [3.63, 3.8) is 0 Å². The van der Waals surface area contributed by atoms with Gasteiger partial charge in [0.15, 0.2) is 5.82 Å². The Balaban J connectivity index is 1.39. The third kappa shape index (κ3) is 5.00. The summed E-state index contributed by atoms with van der Waals surface area (Å²) in [7, 11) is 0. The van der Waals surface area contributed by atoms with Gasteiger partial charge in [-0.25, -0.2) is 4.39 Å². The SMILES string of the molecule is Cc1cc(NC(=O)CSc2cn(CCNC(=O)c3ccccc3F)c3ccccc23)no1. The molecule has 2 heterocycles. The van der Waals surface area contributed by atoms with Crippen LogP contribution in [0.25, 0.3) is 10.9 Å². The molecule has 2 N–H and O–H groups in total. The quantitative estimate of drug-likeness (QED) is 0.391. The maximum absolute atomic E-state index is 13.8. The molecular formula is C23H21FN4O3S. The number of hydrogen-bond acceptors (Lipinski definition) is 5. The van der Waals surface area contributed by atoms with Crippen LogP contribution in [-0.2, 0) is 11.3 Å². The lowest BCUT2D eigenvalue weighted by atomic mass is 10.2. The minimum atomic E-state index is -0.547. The number of benzene rings is 2. The Morgan fingerprint density at radius 1 is 1.16 bits per heavy atom. The number of carbonyl (C=O) groups is 2. The van der Waals surface area contributed by atoms with Gasteiger partial charge in [-0.05, 0) is 25.1 Å².